The number of aryl methyl sites for hydroxylation is 1. The molecule has 0 N–H and O–H groups in total. The van der Waals surface area contributed by atoms with Crippen LogP contribution in [-0.2, 0) is 4.79 Å². The molecule has 0 bridgehead atoms. The Bertz CT molecular complexity index is 908. The molecule has 4 rings (SSSR count). The van der Waals surface area contributed by atoms with Crippen molar-refractivity contribution in [3.63, 3.8) is 0 Å². The van der Waals surface area contributed by atoms with Crippen molar-refractivity contribution in [2.24, 2.45) is 0 Å². The summed E-state index contributed by atoms with van der Waals surface area (Å²) in [6, 6.07) is 8.04. The normalized spacial score (nSPS) is 17.9. The quantitative estimate of drug-likeness (QED) is 0.777. The highest BCUT2D eigenvalue weighted by Gasteiger charge is 2.27. The second-order valence-corrected chi connectivity index (χ2v) is 8.35. The highest BCUT2D eigenvalue weighted by Crippen LogP contribution is 2.19. The van der Waals surface area contributed by atoms with Gasteiger partial charge in [-0.1, -0.05) is 18.2 Å². The predicted molar refractivity (Wildman–Crippen MR) is 116 cm³/mol. The fourth-order valence-corrected chi connectivity index (χ4v) is 4.38. The molecule has 0 aliphatic carbocycles. The molecule has 2 amide bonds. The number of piperazine rings is 1. The smallest absolute Gasteiger partial charge is 0.257 e. The van der Waals surface area contributed by atoms with Crippen molar-refractivity contribution in [2.45, 2.75) is 33.1 Å². The number of hydrogen-bond donors (Lipinski definition) is 0. The van der Waals surface area contributed by atoms with Crippen molar-refractivity contribution in [1.29, 1.82) is 0 Å². The molecule has 2 aromatic rings. The van der Waals surface area contributed by atoms with E-state index in [9.17, 15) is 9.59 Å². The number of amides is 2. The highest BCUT2D eigenvalue weighted by atomic mass is 16.2. The van der Waals surface area contributed by atoms with E-state index in [-0.39, 0.29) is 11.8 Å². The lowest BCUT2D eigenvalue weighted by Crippen LogP contribution is -2.52. The van der Waals surface area contributed by atoms with Gasteiger partial charge in [-0.2, -0.15) is 5.10 Å². The Balaban J connectivity index is 1.36. The Morgan fingerprint density at radius 3 is 2.30 bits per heavy atom. The molecule has 0 unspecified atom stereocenters. The van der Waals surface area contributed by atoms with Gasteiger partial charge in [0.2, 0.25) is 5.91 Å². The summed E-state index contributed by atoms with van der Waals surface area (Å²) in [5.41, 5.74) is 3.62. The molecule has 7 heteroatoms. The lowest BCUT2D eigenvalue weighted by atomic mass is 10.1. The third kappa shape index (κ3) is 4.26. The zero-order valence-corrected chi connectivity index (χ0v) is 18.0. The van der Waals surface area contributed by atoms with Gasteiger partial charge in [0.05, 0.1) is 29.7 Å². The third-order valence-electron chi connectivity index (χ3n) is 6.31. The summed E-state index contributed by atoms with van der Waals surface area (Å²) in [5, 5.41) is 4.48. The second kappa shape index (κ2) is 9.00. The van der Waals surface area contributed by atoms with Gasteiger partial charge in [-0.15, -0.1) is 0 Å². The molecule has 3 heterocycles. The van der Waals surface area contributed by atoms with Crippen LogP contribution in [0.1, 0.15) is 40.9 Å². The Labute approximate surface area is 178 Å². The molecule has 7 nitrogen and oxygen atoms in total. The summed E-state index contributed by atoms with van der Waals surface area (Å²) in [6.07, 6.45) is 5.13. The number of carbonyl (C=O) groups is 2. The van der Waals surface area contributed by atoms with E-state index < -0.39 is 0 Å². The lowest BCUT2D eigenvalue weighted by Gasteiger charge is -2.36. The summed E-state index contributed by atoms with van der Waals surface area (Å²) < 4.78 is 1.84. The van der Waals surface area contributed by atoms with Crippen LogP contribution in [0.5, 0.6) is 0 Å². The van der Waals surface area contributed by atoms with E-state index >= 15 is 0 Å². The maximum absolute atomic E-state index is 13.1. The summed E-state index contributed by atoms with van der Waals surface area (Å²) in [4.78, 5) is 31.7. The van der Waals surface area contributed by atoms with E-state index in [0.717, 1.165) is 56.0 Å². The highest BCUT2D eigenvalue weighted by molar-refractivity contribution is 5.95. The fraction of sp³-hybridized carbons (Fsp3) is 0.522. The van der Waals surface area contributed by atoms with Crippen LogP contribution in [0.3, 0.4) is 0 Å². The summed E-state index contributed by atoms with van der Waals surface area (Å²) in [6.45, 7) is 8.98. The van der Waals surface area contributed by atoms with Crippen molar-refractivity contribution in [1.82, 2.24) is 24.5 Å². The van der Waals surface area contributed by atoms with Gasteiger partial charge in [0, 0.05) is 39.3 Å². The fourth-order valence-electron chi connectivity index (χ4n) is 4.38. The Kier molecular flexibility index (Phi) is 6.18. The van der Waals surface area contributed by atoms with Crippen LogP contribution in [0.4, 0.5) is 0 Å². The maximum atomic E-state index is 13.1. The second-order valence-electron chi connectivity index (χ2n) is 8.35. The van der Waals surface area contributed by atoms with Crippen molar-refractivity contribution in [3.8, 4) is 5.69 Å². The van der Waals surface area contributed by atoms with Crippen LogP contribution in [-0.4, -0.2) is 82.1 Å². The number of likely N-dealkylation sites (tertiary alicyclic amines) is 1. The van der Waals surface area contributed by atoms with Gasteiger partial charge in [0.25, 0.3) is 5.91 Å². The van der Waals surface area contributed by atoms with Gasteiger partial charge in [-0.3, -0.25) is 14.5 Å². The minimum atomic E-state index is 0.0225. The Morgan fingerprint density at radius 2 is 1.60 bits per heavy atom. The zero-order valence-electron chi connectivity index (χ0n) is 18.0. The molecule has 2 aliphatic heterocycles. The van der Waals surface area contributed by atoms with Gasteiger partial charge in [-0.05, 0) is 44.7 Å². The average molecular weight is 410 g/mol. The van der Waals surface area contributed by atoms with Crippen molar-refractivity contribution < 1.29 is 9.59 Å². The molecule has 2 aliphatic rings. The molecule has 0 atom stereocenters. The van der Waals surface area contributed by atoms with E-state index in [2.05, 4.69) is 10.00 Å². The van der Waals surface area contributed by atoms with Gasteiger partial charge < -0.3 is 9.80 Å². The lowest BCUT2D eigenvalue weighted by molar-refractivity contribution is -0.133. The van der Waals surface area contributed by atoms with E-state index in [4.69, 9.17) is 0 Å². The molecule has 2 fully saturated rings. The number of rotatable bonds is 4. The van der Waals surface area contributed by atoms with Crippen LogP contribution in [0, 0.1) is 13.8 Å². The molecule has 1 aromatic carbocycles. The van der Waals surface area contributed by atoms with E-state index in [1.807, 2.05) is 52.6 Å². The minimum Gasteiger partial charge on any atom is -0.342 e. The average Bonchev–Trinajstić information content (AvgIpc) is 3.16. The molecule has 30 heavy (non-hydrogen) atoms. The number of carbonyl (C=O) groups excluding carboxylic acids is 2. The molecular weight excluding hydrogens is 378 g/mol. The van der Waals surface area contributed by atoms with Crippen LogP contribution in [0.25, 0.3) is 5.69 Å². The van der Waals surface area contributed by atoms with Crippen molar-refractivity contribution in [2.75, 3.05) is 45.8 Å². The molecule has 160 valence electrons. The van der Waals surface area contributed by atoms with Crippen LogP contribution in [0.2, 0.25) is 0 Å². The molecule has 0 spiro atoms. The summed E-state index contributed by atoms with van der Waals surface area (Å²) in [7, 11) is 0. The van der Waals surface area contributed by atoms with Crippen molar-refractivity contribution in [3.05, 3.63) is 47.3 Å². The number of para-hydroxylation sites is 1. The number of nitrogens with zero attached hydrogens (tertiary/aromatic N) is 5. The minimum absolute atomic E-state index is 0.0225. The first kappa shape index (κ1) is 20.6. The van der Waals surface area contributed by atoms with E-state index in [1.165, 1.54) is 6.42 Å². The standard InChI is InChI=1S/C23H31N5O2/c1-18-8-4-5-9-21(18)28-19(2)20(16-24-28)23(30)27-14-12-25(13-15-27)17-22(29)26-10-6-3-7-11-26/h4-5,8-9,16H,3,6-7,10-15,17H2,1-2H3. The number of benzene rings is 1. The Morgan fingerprint density at radius 1 is 0.900 bits per heavy atom. The van der Waals surface area contributed by atoms with E-state index in [0.29, 0.717) is 25.2 Å². The largest absolute Gasteiger partial charge is 0.342 e. The predicted octanol–water partition coefficient (Wildman–Crippen LogP) is 2.26. The van der Waals surface area contributed by atoms with Gasteiger partial charge in [0.15, 0.2) is 0 Å². The van der Waals surface area contributed by atoms with Gasteiger partial charge >= 0.3 is 0 Å². The molecule has 0 saturated carbocycles. The van der Waals surface area contributed by atoms with Crippen LogP contribution >= 0.6 is 0 Å². The maximum Gasteiger partial charge on any atom is 0.257 e. The van der Waals surface area contributed by atoms with E-state index in [1.54, 1.807) is 6.20 Å². The molecule has 2 saturated heterocycles. The van der Waals surface area contributed by atoms with Crippen LogP contribution < -0.4 is 0 Å². The molecule has 0 radical (unpaired) electrons. The van der Waals surface area contributed by atoms with Crippen LogP contribution in [0.15, 0.2) is 30.5 Å². The number of aromatic nitrogens is 2. The molecular formula is C23H31N5O2. The number of hydrogen-bond acceptors (Lipinski definition) is 4. The summed E-state index contributed by atoms with van der Waals surface area (Å²) >= 11 is 0. The first-order valence-electron chi connectivity index (χ1n) is 10.9. The SMILES string of the molecule is Cc1ccccc1-n1ncc(C(=O)N2CCN(CC(=O)N3CCCCC3)CC2)c1C. The Hall–Kier alpha value is -2.67. The topological polar surface area (TPSA) is 61.7 Å². The zero-order chi connectivity index (χ0) is 21.1. The molecule has 1 aromatic heterocycles. The first-order valence-corrected chi connectivity index (χ1v) is 10.9. The number of piperidine rings is 1. The third-order valence-corrected chi connectivity index (χ3v) is 6.31. The van der Waals surface area contributed by atoms with Gasteiger partial charge in [-0.25, -0.2) is 4.68 Å². The monoisotopic (exact) mass is 409 g/mol. The summed E-state index contributed by atoms with van der Waals surface area (Å²) in [5.74, 6) is 0.249. The van der Waals surface area contributed by atoms with Gasteiger partial charge in [0.1, 0.15) is 0 Å². The first-order chi connectivity index (χ1) is 14.5. The van der Waals surface area contributed by atoms with Crippen molar-refractivity contribution >= 4 is 11.8 Å².